The normalized spacial score (nSPS) is 10.5. The molecule has 0 fully saturated rings. The van der Waals surface area contributed by atoms with Crippen molar-refractivity contribution in [1.29, 1.82) is 0 Å². The number of hydrogen-bond acceptors (Lipinski definition) is 1. The molecule has 0 aliphatic carbocycles. The topological polar surface area (TPSA) is 32.9 Å². The average Bonchev–Trinajstić information content (AvgIpc) is 2.63. The maximum absolute atomic E-state index is 11.2. The first-order chi connectivity index (χ1) is 6.31. The molecule has 0 saturated heterocycles. The summed E-state index contributed by atoms with van der Waals surface area (Å²) >= 11 is 5.45. The number of alkyl halides is 1. The molecule has 0 aliphatic heterocycles. The van der Waals surface area contributed by atoms with Crippen LogP contribution in [0.2, 0.25) is 0 Å². The molecular formula is C10H8ClNO. The van der Waals surface area contributed by atoms with Gasteiger partial charge in [0.25, 0.3) is 0 Å². The third kappa shape index (κ3) is 1.45. The fourth-order valence-corrected chi connectivity index (χ4v) is 1.45. The highest BCUT2D eigenvalue weighted by atomic mass is 35.5. The molecule has 0 saturated carbocycles. The summed E-state index contributed by atoms with van der Waals surface area (Å²) in [7, 11) is 0. The van der Waals surface area contributed by atoms with E-state index < -0.39 is 0 Å². The summed E-state index contributed by atoms with van der Waals surface area (Å²) in [5, 5.41) is 1.10. The lowest BCUT2D eigenvalue weighted by atomic mass is 10.1. The lowest BCUT2D eigenvalue weighted by Gasteiger charge is -1.96. The molecule has 0 bridgehead atoms. The third-order valence-corrected chi connectivity index (χ3v) is 2.24. The van der Waals surface area contributed by atoms with E-state index in [9.17, 15) is 4.79 Å². The SMILES string of the molecule is O=C(CCl)c1ccc2cc[nH]c2c1. The van der Waals surface area contributed by atoms with Crippen LogP contribution in [0.1, 0.15) is 10.4 Å². The van der Waals surface area contributed by atoms with Gasteiger partial charge >= 0.3 is 0 Å². The highest BCUT2D eigenvalue weighted by molar-refractivity contribution is 6.30. The predicted molar refractivity (Wildman–Crippen MR) is 53.3 cm³/mol. The summed E-state index contributed by atoms with van der Waals surface area (Å²) in [6.45, 7) is 0. The zero-order valence-electron chi connectivity index (χ0n) is 6.88. The van der Waals surface area contributed by atoms with E-state index in [4.69, 9.17) is 11.6 Å². The molecule has 1 aromatic heterocycles. The number of hydrogen-bond donors (Lipinski definition) is 1. The Hall–Kier alpha value is -1.28. The molecule has 0 unspecified atom stereocenters. The van der Waals surface area contributed by atoms with Crippen molar-refractivity contribution in [3.05, 3.63) is 36.0 Å². The molecule has 1 heterocycles. The Morgan fingerprint density at radius 3 is 3.00 bits per heavy atom. The lowest BCUT2D eigenvalue weighted by Crippen LogP contribution is -1.99. The van der Waals surface area contributed by atoms with Crippen LogP contribution in [0.4, 0.5) is 0 Å². The van der Waals surface area contributed by atoms with Crippen molar-refractivity contribution in [3.8, 4) is 0 Å². The van der Waals surface area contributed by atoms with Crippen molar-refractivity contribution >= 4 is 28.3 Å². The van der Waals surface area contributed by atoms with Crippen LogP contribution in [-0.2, 0) is 0 Å². The van der Waals surface area contributed by atoms with Gasteiger partial charge in [-0.3, -0.25) is 4.79 Å². The van der Waals surface area contributed by atoms with Gasteiger partial charge in [0.15, 0.2) is 5.78 Å². The molecule has 1 N–H and O–H groups in total. The molecule has 0 aliphatic rings. The first-order valence-electron chi connectivity index (χ1n) is 3.97. The number of rotatable bonds is 2. The Balaban J connectivity index is 2.54. The number of Topliss-reactive ketones (excluding diaryl/α,β-unsaturated/α-hetero) is 1. The van der Waals surface area contributed by atoms with Gasteiger partial charge in [-0.05, 0) is 17.5 Å². The molecular weight excluding hydrogens is 186 g/mol. The van der Waals surface area contributed by atoms with Crippen molar-refractivity contribution < 1.29 is 4.79 Å². The summed E-state index contributed by atoms with van der Waals surface area (Å²) in [4.78, 5) is 14.3. The molecule has 13 heavy (non-hydrogen) atoms. The summed E-state index contributed by atoms with van der Waals surface area (Å²) in [6.07, 6.45) is 1.85. The number of aromatic amines is 1. The van der Waals surface area contributed by atoms with Crippen LogP contribution in [-0.4, -0.2) is 16.6 Å². The molecule has 3 heteroatoms. The summed E-state index contributed by atoms with van der Waals surface area (Å²) < 4.78 is 0. The summed E-state index contributed by atoms with van der Waals surface area (Å²) in [6, 6.07) is 7.48. The van der Waals surface area contributed by atoms with Gasteiger partial charge in [0.05, 0.1) is 5.88 Å². The maximum Gasteiger partial charge on any atom is 0.177 e. The number of aromatic nitrogens is 1. The van der Waals surface area contributed by atoms with Crippen LogP contribution in [0.15, 0.2) is 30.5 Å². The summed E-state index contributed by atoms with van der Waals surface area (Å²) in [5.74, 6) is -0.00942. The summed E-state index contributed by atoms with van der Waals surface area (Å²) in [5.41, 5.74) is 1.63. The van der Waals surface area contributed by atoms with Crippen molar-refractivity contribution in [3.63, 3.8) is 0 Å². The van der Waals surface area contributed by atoms with Gasteiger partial charge < -0.3 is 4.98 Å². The third-order valence-electron chi connectivity index (χ3n) is 2.00. The zero-order chi connectivity index (χ0) is 9.26. The Bertz CT molecular complexity index is 447. The molecule has 0 spiro atoms. The fraction of sp³-hybridized carbons (Fsp3) is 0.100. The molecule has 2 nitrogen and oxygen atoms in total. The smallest absolute Gasteiger partial charge is 0.177 e. The van der Waals surface area contributed by atoms with E-state index in [-0.39, 0.29) is 11.7 Å². The van der Waals surface area contributed by atoms with Crippen LogP contribution in [0.5, 0.6) is 0 Å². The average molecular weight is 194 g/mol. The first kappa shape index (κ1) is 8.32. The Kier molecular flexibility index (Phi) is 2.07. The minimum Gasteiger partial charge on any atom is -0.361 e. The number of fused-ring (bicyclic) bond motifs is 1. The van der Waals surface area contributed by atoms with Gasteiger partial charge in [0.1, 0.15) is 0 Å². The zero-order valence-corrected chi connectivity index (χ0v) is 7.64. The van der Waals surface area contributed by atoms with Crippen molar-refractivity contribution in [1.82, 2.24) is 4.98 Å². The molecule has 0 radical (unpaired) electrons. The maximum atomic E-state index is 11.2. The fourth-order valence-electron chi connectivity index (χ4n) is 1.30. The van der Waals surface area contributed by atoms with E-state index in [1.54, 1.807) is 6.07 Å². The predicted octanol–water partition coefficient (Wildman–Crippen LogP) is 2.59. The van der Waals surface area contributed by atoms with Crippen LogP contribution >= 0.6 is 11.6 Å². The highest BCUT2D eigenvalue weighted by Gasteiger charge is 2.04. The van der Waals surface area contributed by atoms with Crippen LogP contribution in [0.25, 0.3) is 10.9 Å². The second kappa shape index (κ2) is 3.23. The standard InChI is InChI=1S/C10H8ClNO/c11-6-10(13)8-2-1-7-3-4-12-9(7)5-8/h1-5,12H,6H2. The number of halogens is 1. The van der Waals surface area contributed by atoms with Crippen molar-refractivity contribution in [2.45, 2.75) is 0 Å². The molecule has 2 aromatic rings. The highest BCUT2D eigenvalue weighted by Crippen LogP contribution is 2.14. The van der Waals surface area contributed by atoms with E-state index >= 15 is 0 Å². The largest absolute Gasteiger partial charge is 0.361 e. The van der Waals surface area contributed by atoms with Crippen LogP contribution in [0.3, 0.4) is 0 Å². The number of carbonyl (C=O) groups is 1. The quantitative estimate of drug-likeness (QED) is 0.577. The first-order valence-corrected chi connectivity index (χ1v) is 4.51. The number of H-pyrrole nitrogens is 1. The minimum absolute atomic E-state index is 0.0339. The van der Waals surface area contributed by atoms with Crippen LogP contribution < -0.4 is 0 Å². The van der Waals surface area contributed by atoms with E-state index in [0.29, 0.717) is 5.56 Å². The molecule has 1 aromatic carbocycles. The van der Waals surface area contributed by atoms with E-state index in [1.165, 1.54) is 0 Å². The van der Waals surface area contributed by atoms with Crippen molar-refractivity contribution in [2.75, 3.05) is 5.88 Å². The molecule has 0 amide bonds. The Morgan fingerprint density at radius 1 is 1.38 bits per heavy atom. The van der Waals surface area contributed by atoms with Crippen molar-refractivity contribution in [2.24, 2.45) is 0 Å². The van der Waals surface area contributed by atoms with Gasteiger partial charge in [-0.15, -0.1) is 11.6 Å². The van der Waals surface area contributed by atoms with E-state index in [2.05, 4.69) is 4.98 Å². The number of benzene rings is 1. The van der Waals surface area contributed by atoms with Gasteiger partial charge in [0, 0.05) is 17.3 Å². The number of nitrogens with one attached hydrogen (secondary N) is 1. The minimum atomic E-state index is -0.0434. The molecule has 0 atom stereocenters. The lowest BCUT2D eigenvalue weighted by molar-refractivity contribution is 0.102. The van der Waals surface area contributed by atoms with Crippen LogP contribution in [0, 0.1) is 0 Å². The number of carbonyl (C=O) groups excluding carboxylic acids is 1. The Morgan fingerprint density at radius 2 is 2.23 bits per heavy atom. The number of ketones is 1. The van der Waals surface area contributed by atoms with E-state index in [0.717, 1.165) is 10.9 Å². The molecule has 66 valence electrons. The van der Waals surface area contributed by atoms with E-state index in [1.807, 2.05) is 24.4 Å². The van der Waals surface area contributed by atoms with Gasteiger partial charge in [-0.2, -0.15) is 0 Å². The second-order valence-corrected chi connectivity index (χ2v) is 3.10. The monoisotopic (exact) mass is 193 g/mol. The van der Waals surface area contributed by atoms with Gasteiger partial charge in [-0.1, -0.05) is 12.1 Å². The second-order valence-electron chi connectivity index (χ2n) is 2.84. The van der Waals surface area contributed by atoms with Gasteiger partial charge in [-0.25, -0.2) is 0 Å². The molecule has 2 rings (SSSR count). The Labute approximate surface area is 80.5 Å². The van der Waals surface area contributed by atoms with Gasteiger partial charge in [0.2, 0.25) is 0 Å².